The number of halogens is 2. The first kappa shape index (κ1) is 28.2. The van der Waals surface area contributed by atoms with Crippen molar-refractivity contribution >= 4 is 56.2 Å². The minimum Gasteiger partial charge on any atom is -0.506 e. The number of carbonyl (C=O) groups excluding carboxylic acids is 2. The van der Waals surface area contributed by atoms with Gasteiger partial charge < -0.3 is 15.7 Å². The van der Waals surface area contributed by atoms with Gasteiger partial charge in [-0.2, -0.15) is 5.10 Å². The average molecular weight is 587 g/mol. The van der Waals surface area contributed by atoms with Gasteiger partial charge in [-0.15, -0.1) is 0 Å². The highest BCUT2D eigenvalue weighted by atomic mass is 35.5. The fraction of sp³-hybridized carbons (Fsp3) is 0.148. The molecule has 2 amide bonds. The number of phenols is 1. The summed E-state index contributed by atoms with van der Waals surface area (Å²) < 4.78 is 27.6. The Morgan fingerprint density at radius 3 is 2.41 bits per heavy atom. The van der Waals surface area contributed by atoms with Crippen LogP contribution < -0.4 is 10.6 Å². The first-order valence-electron chi connectivity index (χ1n) is 11.8. The zero-order valence-electron chi connectivity index (χ0n) is 20.9. The Kier molecular flexibility index (Phi) is 8.29. The molecule has 0 spiro atoms. The second-order valence-corrected chi connectivity index (χ2v) is 11.7. The van der Waals surface area contributed by atoms with E-state index >= 15 is 0 Å². The molecule has 3 N–H and O–H groups in total. The Hall–Kier alpha value is -3.86. The highest BCUT2D eigenvalue weighted by molar-refractivity contribution is 7.92. The first-order valence-corrected chi connectivity index (χ1v) is 14.1. The number of aryl methyl sites for hydroxylation is 1. The molecule has 0 aliphatic rings. The van der Waals surface area contributed by atoms with Gasteiger partial charge in [-0.05, 0) is 49.7 Å². The summed E-state index contributed by atoms with van der Waals surface area (Å²) in [5.74, 6) is -1.76. The number of phenolic OH excluding ortho intramolecular Hbond substituents is 1. The van der Waals surface area contributed by atoms with Crippen molar-refractivity contribution in [3.8, 4) is 11.4 Å². The van der Waals surface area contributed by atoms with E-state index in [4.69, 9.17) is 23.2 Å². The van der Waals surface area contributed by atoms with Gasteiger partial charge >= 0.3 is 0 Å². The molecule has 39 heavy (non-hydrogen) atoms. The Morgan fingerprint density at radius 1 is 1.03 bits per heavy atom. The molecule has 12 heteroatoms. The number of nitrogens with zero attached hydrogens (tertiary/aromatic N) is 2. The summed E-state index contributed by atoms with van der Waals surface area (Å²) in [4.78, 5) is 25.8. The molecule has 0 saturated carbocycles. The summed E-state index contributed by atoms with van der Waals surface area (Å²) in [6.45, 7) is 3.41. The van der Waals surface area contributed by atoms with Crippen LogP contribution in [0.1, 0.15) is 29.3 Å². The van der Waals surface area contributed by atoms with E-state index in [1.807, 2.05) is 6.92 Å². The van der Waals surface area contributed by atoms with Crippen molar-refractivity contribution in [2.75, 3.05) is 10.6 Å². The van der Waals surface area contributed by atoms with Crippen LogP contribution in [0.2, 0.25) is 10.0 Å². The van der Waals surface area contributed by atoms with Crippen LogP contribution >= 0.6 is 23.2 Å². The van der Waals surface area contributed by atoms with Gasteiger partial charge in [-0.1, -0.05) is 53.9 Å². The first-order chi connectivity index (χ1) is 18.5. The number of hydrogen-bond donors (Lipinski definition) is 3. The SMILES string of the molecule is CCC(C(=O)Nc1cc(O)c(NC(=O)c2cnn(-c3cccc(Cl)c3)c2)cc1Cl)S(=O)(=O)c1ccc(C)cc1. The van der Waals surface area contributed by atoms with Gasteiger partial charge in [0.2, 0.25) is 5.91 Å². The molecule has 9 nitrogen and oxygen atoms in total. The summed E-state index contributed by atoms with van der Waals surface area (Å²) in [5, 5.41) is 18.8. The lowest BCUT2D eigenvalue weighted by molar-refractivity contribution is -0.115. The molecule has 0 bridgehead atoms. The number of aromatic nitrogens is 2. The molecule has 4 rings (SSSR count). The second-order valence-electron chi connectivity index (χ2n) is 8.70. The maximum absolute atomic E-state index is 13.1. The number of aromatic hydroxyl groups is 1. The largest absolute Gasteiger partial charge is 0.506 e. The summed E-state index contributed by atoms with van der Waals surface area (Å²) in [7, 11) is -3.98. The van der Waals surface area contributed by atoms with Crippen LogP contribution in [0.25, 0.3) is 5.69 Å². The monoisotopic (exact) mass is 586 g/mol. The van der Waals surface area contributed by atoms with Crippen LogP contribution in [0.15, 0.2) is 78.0 Å². The maximum atomic E-state index is 13.1. The summed E-state index contributed by atoms with van der Waals surface area (Å²) in [6, 6.07) is 15.5. The highest BCUT2D eigenvalue weighted by Gasteiger charge is 2.33. The summed E-state index contributed by atoms with van der Waals surface area (Å²) >= 11 is 12.3. The lowest BCUT2D eigenvalue weighted by atomic mass is 10.2. The molecule has 1 unspecified atom stereocenters. The van der Waals surface area contributed by atoms with Crippen molar-refractivity contribution in [3.63, 3.8) is 0 Å². The molecule has 4 aromatic rings. The van der Waals surface area contributed by atoms with Gasteiger partial charge in [0, 0.05) is 17.3 Å². The third-order valence-electron chi connectivity index (χ3n) is 5.90. The van der Waals surface area contributed by atoms with Crippen LogP contribution in [-0.2, 0) is 14.6 Å². The Labute approximate surface area is 235 Å². The van der Waals surface area contributed by atoms with E-state index in [9.17, 15) is 23.1 Å². The summed E-state index contributed by atoms with van der Waals surface area (Å²) in [6.07, 6.45) is 2.86. The molecule has 1 aromatic heterocycles. The fourth-order valence-corrected chi connectivity index (χ4v) is 5.82. The van der Waals surface area contributed by atoms with Crippen LogP contribution in [0.4, 0.5) is 11.4 Å². The Bertz CT molecular complexity index is 1650. The standard InChI is InChI=1S/C27H24Cl2N4O5S/c1-3-25(39(37,38)20-9-7-16(2)8-10-20)27(36)31-22-13-24(34)23(12-21(22)29)32-26(35)17-14-30-33(15-17)19-6-4-5-18(28)11-19/h4-15,25,34H,3H2,1-2H3,(H,31,36)(H,32,35). The predicted octanol–water partition coefficient (Wildman–Crippen LogP) is 5.64. The van der Waals surface area contributed by atoms with Gasteiger partial charge in [0.15, 0.2) is 9.84 Å². The molecule has 0 aliphatic carbocycles. The third kappa shape index (κ3) is 6.25. The number of carbonyl (C=O) groups is 2. The number of sulfone groups is 1. The molecular formula is C27H24Cl2N4O5S. The molecule has 202 valence electrons. The molecular weight excluding hydrogens is 563 g/mol. The average Bonchev–Trinajstić information content (AvgIpc) is 3.38. The molecule has 3 aromatic carbocycles. The van der Waals surface area contributed by atoms with E-state index in [1.165, 1.54) is 35.3 Å². The number of nitrogens with one attached hydrogen (secondary N) is 2. The minimum atomic E-state index is -3.98. The highest BCUT2D eigenvalue weighted by Crippen LogP contribution is 2.35. The number of anilines is 2. The second kappa shape index (κ2) is 11.5. The molecule has 0 fully saturated rings. The lowest BCUT2D eigenvalue weighted by Crippen LogP contribution is -2.34. The summed E-state index contributed by atoms with van der Waals surface area (Å²) in [5.41, 5.74) is 1.72. The van der Waals surface area contributed by atoms with Gasteiger partial charge in [-0.25, -0.2) is 13.1 Å². The van der Waals surface area contributed by atoms with Crippen molar-refractivity contribution in [1.29, 1.82) is 0 Å². The number of amides is 2. The topological polar surface area (TPSA) is 130 Å². The van der Waals surface area contributed by atoms with E-state index in [2.05, 4.69) is 15.7 Å². The van der Waals surface area contributed by atoms with Gasteiger partial charge in [0.05, 0.1) is 38.7 Å². The van der Waals surface area contributed by atoms with Crippen LogP contribution in [0.3, 0.4) is 0 Å². The Balaban J connectivity index is 1.49. The van der Waals surface area contributed by atoms with Gasteiger partial charge in [0.1, 0.15) is 11.0 Å². The zero-order valence-corrected chi connectivity index (χ0v) is 23.2. The molecule has 0 radical (unpaired) electrons. The van der Waals surface area contributed by atoms with Crippen molar-refractivity contribution in [1.82, 2.24) is 9.78 Å². The normalized spacial score (nSPS) is 12.1. The van der Waals surface area contributed by atoms with Gasteiger partial charge in [-0.3, -0.25) is 9.59 Å². The molecule has 1 atom stereocenters. The Morgan fingerprint density at radius 2 is 1.74 bits per heavy atom. The third-order valence-corrected chi connectivity index (χ3v) is 8.67. The van der Waals surface area contributed by atoms with Crippen molar-refractivity contribution in [3.05, 3.63) is 94.2 Å². The molecule has 0 aliphatic heterocycles. The number of benzene rings is 3. The van der Waals surface area contributed by atoms with Crippen LogP contribution in [0, 0.1) is 6.92 Å². The van der Waals surface area contributed by atoms with Crippen LogP contribution in [-0.4, -0.2) is 40.4 Å². The smallest absolute Gasteiger partial charge is 0.258 e. The zero-order chi connectivity index (χ0) is 28.3. The van der Waals surface area contributed by atoms with E-state index in [1.54, 1.807) is 43.3 Å². The fourth-order valence-electron chi connectivity index (χ4n) is 3.80. The van der Waals surface area contributed by atoms with Crippen molar-refractivity contribution in [2.45, 2.75) is 30.4 Å². The van der Waals surface area contributed by atoms with Crippen molar-refractivity contribution < 1.29 is 23.1 Å². The quantitative estimate of drug-likeness (QED) is 0.229. The molecule has 1 heterocycles. The molecule has 0 saturated heterocycles. The van der Waals surface area contributed by atoms with Gasteiger partial charge in [0.25, 0.3) is 5.91 Å². The van der Waals surface area contributed by atoms with E-state index < -0.39 is 26.9 Å². The van der Waals surface area contributed by atoms with E-state index in [0.29, 0.717) is 10.7 Å². The van der Waals surface area contributed by atoms with E-state index in [-0.39, 0.29) is 39.0 Å². The lowest BCUT2D eigenvalue weighted by Gasteiger charge is -2.17. The number of rotatable bonds is 8. The van der Waals surface area contributed by atoms with Crippen molar-refractivity contribution in [2.24, 2.45) is 0 Å². The van der Waals surface area contributed by atoms with Crippen LogP contribution in [0.5, 0.6) is 5.75 Å². The predicted molar refractivity (Wildman–Crippen MR) is 151 cm³/mol. The maximum Gasteiger partial charge on any atom is 0.258 e. The minimum absolute atomic E-state index is 0.0107. The number of hydrogen-bond acceptors (Lipinski definition) is 6. The van der Waals surface area contributed by atoms with E-state index in [0.717, 1.165) is 11.6 Å².